The second kappa shape index (κ2) is 4.94. The number of pyridine rings is 1. The van der Waals surface area contributed by atoms with E-state index < -0.39 is 0 Å². The van der Waals surface area contributed by atoms with Crippen molar-refractivity contribution in [3.8, 4) is 5.88 Å². The highest BCUT2D eigenvalue weighted by molar-refractivity contribution is 7.99. The van der Waals surface area contributed by atoms with E-state index in [1.54, 1.807) is 12.1 Å². The summed E-state index contributed by atoms with van der Waals surface area (Å²) >= 11 is 1.46. The SMILES string of the molecule is COc1nc(SCCO)ccc1N. The largest absolute Gasteiger partial charge is 0.480 e. The van der Waals surface area contributed by atoms with Crippen molar-refractivity contribution < 1.29 is 9.84 Å². The summed E-state index contributed by atoms with van der Waals surface area (Å²) in [5, 5.41) is 9.41. The molecule has 0 aliphatic rings. The summed E-state index contributed by atoms with van der Waals surface area (Å²) in [6.07, 6.45) is 0. The van der Waals surface area contributed by atoms with E-state index in [1.165, 1.54) is 18.9 Å². The fourth-order valence-electron chi connectivity index (χ4n) is 0.828. The van der Waals surface area contributed by atoms with Crippen LogP contribution in [-0.2, 0) is 0 Å². The molecule has 0 unspecified atom stereocenters. The first kappa shape index (κ1) is 10.1. The molecule has 1 aromatic heterocycles. The Morgan fingerprint density at radius 1 is 1.62 bits per heavy atom. The molecule has 0 aromatic carbocycles. The van der Waals surface area contributed by atoms with Crippen LogP contribution in [0.15, 0.2) is 17.2 Å². The van der Waals surface area contributed by atoms with E-state index in [-0.39, 0.29) is 6.61 Å². The minimum absolute atomic E-state index is 0.138. The van der Waals surface area contributed by atoms with Gasteiger partial charge < -0.3 is 15.6 Å². The van der Waals surface area contributed by atoms with E-state index >= 15 is 0 Å². The molecule has 0 fully saturated rings. The van der Waals surface area contributed by atoms with Gasteiger partial charge in [-0.2, -0.15) is 0 Å². The number of nitrogens with two attached hydrogens (primary N) is 1. The molecule has 0 amide bonds. The topological polar surface area (TPSA) is 68.4 Å². The Kier molecular flexibility index (Phi) is 3.85. The third-order valence-electron chi connectivity index (χ3n) is 1.40. The first-order valence-corrected chi connectivity index (χ1v) is 4.80. The molecule has 0 bridgehead atoms. The lowest BCUT2D eigenvalue weighted by atomic mass is 10.4. The van der Waals surface area contributed by atoms with Gasteiger partial charge >= 0.3 is 0 Å². The molecular weight excluding hydrogens is 188 g/mol. The third kappa shape index (κ3) is 2.78. The molecule has 5 heteroatoms. The van der Waals surface area contributed by atoms with Crippen molar-refractivity contribution in [3.63, 3.8) is 0 Å². The first-order valence-electron chi connectivity index (χ1n) is 3.82. The fraction of sp³-hybridized carbons (Fsp3) is 0.375. The first-order chi connectivity index (χ1) is 6.27. The summed E-state index contributed by atoms with van der Waals surface area (Å²) in [5.41, 5.74) is 6.11. The van der Waals surface area contributed by atoms with Crippen LogP contribution in [0.3, 0.4) is 0 Å². The van der Waals surface area contributed by atoms with Crippen LogP contribution in [0.4, 0.5) is 5.69 Å². The normalized spacial score (nSPS) is 10.0. The van der Waals surface area contributed by atoms with E-state index in [9.17, 15) is 0 Å². The van der Waals surface area contributed by atoms with Crippen LogP contribution >= 0.6 is 11.8 Å². The summed E-state index contributed by atoms with van der Waals surface area (Å²) in [5.74, 6) is 1.06. The van der Waals surface area contributed by atoms with Crippen LogP contribution in [0.5, 0.6) is 5.88 Å². The number of hydrogen-bond acceptors (Lipinski definition) is 5. The summed E-state index contributed by atoms with van der Waals surface area (Å²) < 4.78 is 4.95. The number of nitrogens with zero attached hydrogens (tertiary/aromatic N) is 1. The lowest BCUT2D eigenvalue weighted by molar-refractivity contribution is 0.322. The average molecular weight is 200 g/mol. The second-order valence-electron chi connectivity index (χ2n) is 2.32. The standard InChI is InChI=1S/C8H12N2O2S/c1-12-8-6(9)2-3-7(10-8)13-5-4-11/h2-3,11H,4-5,9H2,1H3. The Hall–Kier alpha value is -0.940. The number of methoxy groups -OCH3 is 1. The molecule has 1 heterocycles. The zero-order valence-electron chi connectivity index (χ0n) is 7.36. The number of ether oxygens (including phenoxy) is 1. The predicted molar refractivity (Wildman–Crippen MR) is 53.0 cm³/mol. The number of nitrogen functional groups attached to an aromatic ring is 1. The molecule has 4 nitrogen and oxygen atoms in total. The highest BCUT2D eigenvalue weighted by atomic mass is 32.2. The number of aliphatic hydroxyl groups is 1. The molecule has 0 saturated heterocycles. The lowest BCUT2D eigenvalue weighted by Gasteiger charge is -2.04. The molecule has 0 radical (unpaired) electrons. The third-order valence-corrected chi connectivity index (χ3v) is 2.31. The van der Waals surface area contributed by atoms with Crippen molar-refractivity contribution in [1.82, 2.24) is 4.98 Å². The molecule has 1 rings (SSSR count). The molecule has 3 N–H and O–H groups in total. The monoisotopic (exact) mass is 200 g/mol. The van der Waals surface area contributed by atoms with Gasteiger partial charge in [-0.1, -0.05) is 0 Å². The van der Waals surface area contributed by atoms with Crippen LogP contribution in [0.2, 0.25) is 0 Å². The van der Waals surface area contributed by atoms with E-state index in [0.717, 1.165) is 5.03 Å². The van der Waals surface area contributed by atoms with Crippen LogP contribution in [0.1, 0.15) is 0 Å². The van der Waals surface area contributed by atoms with Crippen molar-refractivity contribution in [2.45, 2.75) is 5.03 Å². The maximum absolute atomic E-state index is 8.60. The number of aliphatic hydroxyl groups excluding tert-OH is 1. The van der Waals surface area contributed by atoms with Crippen molar-refractivity contribution in [2.75, 3.05) is 25.2 Å². The molecule has 13 heavy (non-hydrogen) atoms. The molecule has 0 spiro atoms. The van der Waals surface area contributed by atoms with Gasteiger partial charge in [0.15, 0.2) is 0 Å². The van der Waals surface area contributed by atoms with Crippen molar-refractivity contribution >= 4 is 17.4 Å². The van der Waals surface area contributed by atoms with Crippen LogP contribution in [0, 0.1) is 0 Å². The Morgan fingerprint density at radius 2 is 2.38 bits per heavy atom. The molecule has 0 aliphatic carbocycles. The van der Waals surface area contributed by atoms with Crippen molar-refractivity contribution in [1.29, 1.82) is 0 Å². The number of hydrogen-bond donors (Lipinski definition) is 2. The predicted octanol–water partition coefficient (Wildman–Crippen LogP) is 0.757. The minimum atomic E-state index is 0.138. The Bertz CT molecular complexity index is 281. The van der Waals surface area contributed by atoms with Gasteiger partial charge in [-0.05, 0) is 12.1 Å². The van der Waals surface area contributed by atoms with Crippen LogP contribution in [0.25, 0.3) is 0 Å². The van der Waals surface area contributed by atoms with E-state index in [2.05, 4.69) is 4.98 Å². The van der Waals surface area contributed by atoms with Gasteiger partial charge in [0, 0.05) is 5.75 Å². The summed E-state index contributed by atoms with van der Waals surface area (Å²) in [6.45, 7) is 0.138. The summed E-state index contributed by atoms with van der Waals surface area (Å²) in [7, 11) is 1.53. The van der Waals surface area contributed by atoms with E-state index in [0.29, 0.717) is 17.3 Å². The van der Waals surface area contributed by atoms with E-state index in [4.69, 9.17) is 15.6 Å². The molecular formula is C8H12N2O2S. The van der Waals surface area contributed by atoms with Gasteiger partial charge in [0.2, 0.25) is 5.88 Å². The fourth-order valence-corrected chi connectivity index (χ4v) is 1.44. The number of rotatable bonds is 4. The Morgan fingerprint density at radius 3 is 3.00 bits per heavy atom. The highest BCUT2D eigenvalue weighted by Gasteiger charge is 2.02. The number of thioether (sulfide) groups is 1. The van der Waals surface area contributed by atoms with Crippen LogP contribution < -0.4 is 10.5 Å². The maximum Gasteiger partial charge on any atom is 0.237 e. The molecule has 1 aromatic rings. The molecule has 0 saturated carbocycles. The quantitative estimate of drug-likeness (QED) is 0.702. The van der Waals surface area contributed by atoms with Gasteiger partial charge in [0.25, 0.3) is 0 Å². The number of anilines is 1. The number of aromatic nitrogens is 1. The average Bonchev–Trinajstić information content (AvgIpc) is 2.16. The molecule has 0 aliphatic heterocycles. The van der Waals surface area contributed by atoms with Gasteiger partial charge in [-0.25, -0.2) is 4.98 Å². The van der Waals surface area contributed by atoms with Crippen molar-refractivity contribution in [3.05, 3.63) is 12.1 Å². The van der Waals surface area contributed by atoms with Gasteiger partial charge in [-0.15, -0.1) is 11.8 Å². The molecule has 0 atom stereocenters. The Labute approximate surface area is 81.1 Å². The second-order valence-corrected chi connectivity index (χ2v) is 3.44. The van der Waals surface area contributed by atoms with Gasteiger partial charge in [0.1, 0.15) is 5.03 Å². The zero-order valence-corrected chi connectivity index (χ0v) is 8.17. The summed E-state index contributed by atoms with van der Waals surface area (Å²) in [4.78, 5) is 4.13. The van der Waals surface area contributed by atoms with E-state index in [1.807, 2.05) is 0 Å². The zero-order chi connectivity index (χ0) is 9.68. The van der Waals surface area contributed by atoms with Crippen LogP contribution in [-0.4, -0.2) is 29.6 Å². The van der Waals surface area contributed by atoms with Gasteiger partial charge in [0.05, 0.1) is 19.4 Å². The van der Waals surface area contributed by atoms with Crippen molar-refractivity contribution in [2.24, 2.45) is 0 Å². The smallest absolute Gasteiger partial charge is 0.237 e. The highest BCUT2D eigenvalue weighted by Crippen LogP contribution is 2.23. The summed E-state index contributed by atoms with van der Waals surface area (Å²) in [6, 6.07) is 3.55. The minimum Gasteiger partial charge on any atom is -0.480 e. The molecule has 72 valence electrons. The van der Waals surface area contributed by atoms with Gasteiger partial charge in [-0.3, -0.25) is 0 Å². The Balaban J connectivity index is 2.74. The lowest BCUT2D eigenvalue weighted by Crippen LogP contribution is -1.96. The maximum atomic E-state index is 8.60.